The highest BCUT2D eigenvalue weighted by Crippen LogP contribution is 2.32. The first-order valence-corrected chi connectivity index (χ1v) is 8.98. The summed E-state index contributed by atoms with van der Waals surface area (Å²) in [4.78, 5) is 14.2. The zero-order valence-corrected chi connectivity index (χ0v) is 15.6. The van der Waals surface area contributed by atoms with E-state index in [1.807, 2.05) is 11.9 Å². The molecule has 140 valence electrons. The van der Waals surface area contributed by atoms with Gasteiger partial charge < -0.3 is 15.0 Å². The van der Waals surface area contributed by atoms with Crippen molar-refractivity contribution >= 4 is 18.3 Å². The van der Waals surface area contributed by atoms with Crippen molar-refractivity contribution in [1.82, 2.24) is 10.2 Å². The molecule has 0 aromatic heterocycles. The molecular formula is C19H28ClFN2O2. The minimum Gasteiger partial charge on any atom is -0.494 e. The largest absolute Gasteiger partial charge is 0.494 e. The molecule has 2 heterocycles. The maximum absolute atomic E-state index is 12.8. The number of carbonyl (C=O) groups excluding carboxylic acids is 1. The lowest BCUT2D eigenvalue weighted by molar-refractivity contribution is -0.131. The highest BCUT2D eigenvalue weighted by Gasteiger charge is 2.34. The Balaban J connectivity index is 0.00000225. The number of amides is 1. The molecule has 2 fully saturated rings. The van der Waals surface area contributed by atoms with Crippen LogP contribution in [0, 0.1) is 11.7 Å². The Morgan fingerprint density at radius 3 is 2.52 bits per heavy atom. The van der Waals surface area contributed by atoms with E-state index in [-0.39, 0.29) is 24.1 Å². The van der Waals surface area contributed by atoms with E-state index in [1.54, 1.807) is 12.1 Å². The van der Waals surface area contributed by atoms with Crippen LogP contribution in [0.1, 0.15) is 38.5 Å². The minimum absolute atomic E-state index is 0. The van der Waals surface area contributed by atoms with Crippen LogP contribution in [0.2, 0.25) is 0 Å². The predicted molar refractivity (Wildman–Crippen MR) is 98.7 cm³/mol. The molecule has 2 bridgehead atoms. The fourth-order valence-corrected chi connectivity index (χ4v) is 3.89. The van der Waals surface area contributed by atoms with Gasteiger partial charge in [0.05, 0.1) is 6.61 Å². The van der Waals surface area contributed by atoms with Crippen molar-refractivity contribution in [3.05, 3.63) is 30.1 Å². The summed E-state index contributed by atoms with van der Waals surface area (Å²) in [5, 5.41) is 3.62. The van der Waals surface area contributed by atoms with Crippen LogP contribution in [0.3, 0.4) is 0 Å². The van der Waals surface area contributed by atoms with Crippen molar-refractivity contribution in [1.29, 1.82) is 0 Å². The van der Waals surface area contributed by atoms with Crippen molar-refractivity contribution in [3.63, 3.8) is 0 Å². The number of carbonyl (C=O) groups is 1. The van der Waals surface area contributed by atoms with E-state index in [4.69, 9.17) is 4.74 Å². The standard InChI is InChI=1S/C19H27FN2O2.ClH/c1-22(9-2-10-24-18-7-3-15(20)4-8-18)19(23)13-14-11-16-5-6-17(12-14)21-16;/h3-4,7-8,14,16-17,21H,2,5-6,9-13H2,1H3;1H. The fraction of sp³-hybridized carbons (Fsp3) is 0.632. The summed E-state index contributed by atoms with van der Waals surface area (Å²) < 4.78 is 18.4. The lowest BCUT2D eigenvalue weighted by Crippen LogP contribution is -2.40. The Bertz CT molecular complexity index is 543. The van der Waals surface area contributed by atoms with Crippen LogP contribution in [0.15, 0.2) is 24.3 Å². The summed E-state index contributed by atoms with van der Waals surface area (Å²) in [6, 6.07) is 7.28. The molecule has 6 heteroatoms. The number of nitrogens with one attached hydrogen (secondary N) is 1. The molecule has 2 aliphatic rings. The summed E-state index contributed by atoms with van der Waals surface area (Å²) in [6.07, 6.45) is 6.27. The van der Waals surface area contributed by atoms with E-state index in [9.17, 15) is 9.18 Å². The molecule has 0 radical (unpaired) electrons. The van der Waals surface area contributed by atoms with Crippen molar-refractivity contribution in [3.8, 4) is 5.75 Å². The summed E-state index contributed by atoms with van der Waals surface area (Å²) in [5.41, 5.74) is 0. The first-order chi connectivity index (χ1) is 11.6. The summed E-state index contributed by atoms with van der Waals surface area (Å²) >= 11 is 0. The molecule has 0 saturated carbocycles. The van der Waals surface area contributed by atoms with Crippen LogP contribution < -0.4 is 10.1 Å². The number of halogens is 2. The number of nitrogens with zero attached hydrogens (tertiary/aromatic N) is 1. The van der Waals surface area contributed by atoms with Gasteiger partial charge in [-0.2, -0.15) is 0 Å². The molecule has 1 aromatic rings. The van der Waals surface area contributed by atoms with Crippen molar-refractivity contribution in [2.45, 2.75) is 50.6 Å². The molecule has 4 nitrogen and oxygen atoms in total. The van der Waals surface area contributed by atoms with Crippen molar-refractivity contribution in [2.24, 2.45) is 5.92 Å². The van der Waals surface area contributed by atoms with Gasteiger partial charge in [-0.1, -0.05) is 0 Å². The summed E-state index contributed by atoms with van der Waals surface area (Å²) in [7, 11) is 1.87. The zero-order valence-electron chi connectivity index (χ0n) is 14.7. The molecule has 1 amide bonds. The molecular weight excluding hydrogens is 343 g/mol. The molecule has 2 unspecified atom stereocenters. The van der Waals surface area contributed by atoms with Crippen molar-refractivity contribution in [2.75, 3.05) is 20.2 Å². The van der Waals surface area contributed by atoms with Crippen LogP contribution in [0.5, 0.6) is 5.75 Å². The van der Waals surface area contributed by atoms with E-state index >= 15 is 0 Å². The smallest absolute Gasteiger partial charge is 0.222 e. The highest BCUT2D eigenvalue weighted by molar-refractivity contribution is 5.85. The van der Waals surface area contributed by atoms with Crippen LogP contribution in [0.25, 0.3) is 0 Å². The average Bonchev–Trinajstić information content (AvgIpc) is 2.91. The molecule has 0 spiro atoms. The SMILES string of the molecule is CN(CCCOc1ccc(F)cc1)C(=O)CC1CC2CCC(C1)N2.Cl. The Morgan fingerprint density at radius 2 is 1.88 bits per heavy atom. The zero-order chi connectivity index (χ0) is 16.9. The molecule has 0 aliphatic carbocycles. The average molecular weight is 371 g/mol. The molecule has 25 heavy (non-hydrogen) atoms. The Kier molecular flexibility index (Phi) is 7.51. The molecule has 3 rings (SSSR count). The van der Waals surface area contributed by atoms with Gasteiger partial charge in [-0.3, -0.25) is 4.79 Å². The number of ether oxygens (including phenoxy) is 1. The van der Waals surface area contributed by atoms with Gasteiger partial charge in [0.15, 0.2) is 0 Å². The van der Waals surface area contributed by atoms with E-state index < -0.39 is 0 Å². The number of hydrogen-bond donors (Lipinski definition) is 1. The first kappa shape index (κ1) is 20.0. The monoisotopic (exact) mass is 370 g/mol. The molecule has 1 N–H and O–H groups in total. The number of benzene rings is 1. The number of fused-ring (bicyclic) bond motifs is 2. The fourth-order valence-electron chi connectivity index (χ4n) is 3.89. The second-order valence-electron chi connectivity index (χ2n) is 7.15. The molecule has 1 aromatic carbocycles. The van der Waals surface area contributed by atoms with Gasteiger partial charge in [-0.25, -0.2) is 4.39 Å². The lowest BCUT2D eigenvalue weighted by atomic mass is 9.89. The summed E-state index contributed by atoms with van der Waals surface area (Å²) in [5.74, 6) is 1.17. The minimum atomic E-state index is -0.265. The van der Waals surface area contributed by atoms with E-state index in [2.05, 4.69) is 5.32 Å². The highest BCUT2D eigenvalue weighted by atomic mass is 35.5. The Labute approximate surface area is 155 Å². The van der Waals surface area contributed by atoms with E-state index in [0.717, 1.165) is 19.3 Å². The Hall–Kier alpha value is -1.33. The number of piperidine rings is 1. The van der Waals surface area contributed by atoms with Gasteiger partial charge in [0, 0.05) is 32.1 Å². The number of hydrogen-bond acceptors (Lipinski definition) is 3. The second kappa shape index (κ2) is 9.39. The quantitative estimate of drug-likeness (QED) is 0.748. The van der Waals surface area contributed by atoms with Crippen LogP contribution in [-0.2, 0) is 4.79 Å². The van der Waals surface area contributed by atoms with Gasteiger partial charge in [-0.05, 0) is 62.3 Å². The molecule has 2 saturated heterocycles. The van der Waals surface area contributed by atoms with Crippen LogP contribution in [0.4, 0.5) is 4.39 Å². The molecule has 2 aliphatic heterocycles. The van der Waals surface area contributed by atoms with E-state index in [1.165, 1.54) is 25.0 Å². The topological polar surface area (TPSA) is 41.6 Å². The van der Waals surface area contributed by atoms with Gasteiger partial charge in [0.2, 0.25) is 5.91 Å². The second-order valence-corrected chi connectivity index (χ2v) is 7.15. The third kappa shape index (κ3) is 5.86. The van der Waals surface area contributed by atoms with E-state index in [0.29, 0.717) is 43.3 Å². The van der Waals surface area contributed by atoms with Crippen LogP contribution in [-0.4, -0.2) is 43.1 Å². The summed E-state index contributed by atoms with van der Waals surface area (Å²) in [6.45, 7) is 1.22. The van der Waals surface area contributed by atoms with Crippen molar-refractivity contribution < 1.29 is 13.9 Å². The number of rotatable bonds is 7. The van der Waals surface area contributed by atoms with Gasteiger partial charge in [-0.15, -0.1) is 12.4 Å². The lowest BCUT2D eigenvalue weighted by Gasteiger charge is -2.30. The third-order valence-electron chi connectivity index (χ3n) is 5.18. The maximum Gasteiger partial charge on any atom is 0.222 e. The van der Waals surface area contributed by atoms with Crippen LogP contribution >= 0.6 is 12.4 Å². The third-order valence-corrected chi connectivity index (χ3v) is 5.18. The first-order valence-electron chi connectivity index (χ1n) is 8.98. The predicted octanol–water partition coefficient (Wildman–Crippen LogP) is 3.40. The van der Waals surface area contributed by atoms with Gasteiger partial charge >= 0.3 is 0 Å². The van der Waals surface area contributed by atoms with Gasteiger partial charge in [0.25, 0.3) is 0 Å². The Morgan fingerprint density at radius 1 is 1.24 bits per heavy atom. The molecule has 2 atom stereocenters. The van der Waals surface area contributed by atoms with Gasteiger partial charge in [0.1, 0.15) is 11.6 Å². The maximum atomic E-state index is 12.8. The normalized spacial score (nSPS) is 24.5.